The summed E-state index contributed by atoms with van der Waals surface area (Å²) < 4.78 is 6.78. The van der Waals surface area contributed by atoms with E-state index in [2.05, 4.69) is 47.5 Å². The molecular formula is C47H69N3O7S. The third kappa shape index (κ3) is 18.5. The molecule has 10 nitrogen and oxygen atoms in total. The number of hydrogen-bond donors (Lipinski definition) is 3. The number of allylic oxidation sites excluding steroid dienone is 4. The molecule has 0 radical (unpaired) electrons. The number of rotatable bonds is 27. The van der Waals surface area contributed by atoms with Gasteiger partial charge in [0.25, 0.3) is 0 Å². The van der Waals surface area contributed by atoms with Crippen LogP contribution < -0.4 is 10.6 Å². The molecule has 7 atom stereocenters. The fourth-order valence-corrected chi connectivity index (χ4v) is 9.44. The number of terminal acetylenes is 1. The number of hydrogen-bond acceptors (Lipinski definition) is 8. The summed E-state index contributed by atoms with van der Waals surface area (Å²) in [5, 5.41) is 16.0. The molecule has 0 spiro atoms. The summed E-state index contributed by atoms with van der Waals surface area (Å²) in [6.45, 7) is 7.59. The number of likely N-dealkylation sites (tertiary alicyclic amines) is 1. The molecule has 2 aliphatic carbocycles. The smallest absolute Gasteiger partial charge is 0.303 e. The molecule has 2 saturated carbocycles. The first kappa shape index (κ1) is 48.7. The van der Waals surface area contributed by atoms with Gasteiger partial charge in [0.05, 0.1) is 25.2 Å². The Labute approximate surface area is 352 Å². The number of ether oxygens (including phenoxy) is 1. The molecule has 3 amide bonds. The monoisotopic (exact) mass is 819 g/mol. The number of amides is 3. The molecule has 3 rings (SSSR count). The molecular weight excluding hydrogens is 751 g/mol. The highest BCUT2D eigenvalue weighted by atomic mass is 32.2. The van der Waals surface area contributed by atoms with Crippen molar-refractivity contribution in [1.82, 2.24) is 15.5 Å². The fraction of sp³-hybridized carbons (Fsp3) is 0.681. The minimum atomic E-state index is -0.778. The Hall–Kier alpha value is -3.64. The second-order valence-corrected chi connectivity index (χ2v) is 17.6. The van der Waals surface area contributed by atoms with Crippen LogP contribution in [0, 0.1) is 47.9 Å². The van der Waals surface area contributed by atoms with Crippen molar-refractivity contribution in [3.8, 4) is 24.2 Å². The Kier molecular flexibility index (Phi) is 23.5. The number of nitrogens with one attached hydrogen (secondary N) is 2. The second kappa shape index (κ2) is 27.9. The number of carbonyl (C=O) groups is 5. The van der Waals surface area contributed by atoms with Gasteiger partial charge in [0, 0.05) is 55.2 Å². The number of carbonyl (C=O) groups excluding carboxylic acids is 4. The molecule has 0 aromatic heterocycles. The molecule has 3 fully saturated rings. The van der Waals surface area contributed by atoms with Crippen LogP contribution in [0.3, 0.4) is 0 Å². The molecule has 1 heterocycles. The zero-order valence-electron chi connectivity index (χ0n) is 35.3. The molecule has 0 aromatic carbocycles. The van der Waals surface area contributed by atoms with E-state index in [0.29, 0.717) is 43.2 Å². The van der Waals surface area contributed by atoms with Gasteiger partial charge in [-0.15, -0.1) is 18.3 Å². The highest BCUT2D eigenvalue weighted by molar-refractivity contribution is 8.00. The second-order valence-electron chi connectivity index (χ2n) is 16.3. The van der Waals surface area contributed by atoms with Crippen molar-refractivity contribution in [2.45, 2.75) is 147 Å². The van der Waals surface area contributed by atoms with Gasteiger partial charge in [-0.2, -0.15) is 11.8 Å². The maximum absolute atomic E-state index is 13.5. The van der Waals surface area contributed by atoms with Crippen molar-refractivity contribution in [3.63, 3.8) is 0 Å². The zero-order chi connectivity index (χ0) is 42.1. The van der Waals surface area contributed by atoms with Crippen LogP contribution >= 0.6 is 11.8 Å². The average molecular weight is 820 g/mol. The molecule has 320 valence electrons. The largest absolute Gasteiger partial charge is 0.481 e. The number of nitrogens with zero attached hydrogens (tertiary/aromatic N) is 1. The summed E-state index contributed by atoms with van der Waals surface area (Å²) in [4.78, 5) is 61.8. The third-order valence-corrected chi connectivity index (χ3v) is 12.9. The maximum atomic E-state index is 13.5. The van der Waals surface area contributed by atoms with E-state index in [1.54, 1.807) is 6.08 Å². The summed E-state index contributed by atoms with van der Waals surface area (Å²) in [6, 6.07) is -0.506. The predicted octanol–water partition coefficient (Wildman–Crippen LogP) is 7.43. The van der Waals surface area contributed by atoms with Gasteiger partial charge >= 0.3 is 5.97 Å². The lowest BCUT2D eigenvalue weighted by molar-refractivity contribution is -0.139. The van der Waals surface area contributed by atoms with Crippen LogP contribution in [0.15, 0.2) is 36.0 Å². The van der Waals surface area contributed by atoms with Gasteiger partial charge in [-0.3, -0.25) is 28.9 Å². The predicted molar refractivity (Wildman–Crippen MR) is 233 cm³/mol. The molecule has 0 aromatic rings. The number of Topliss-reactive ketones (excluding diaryl/α,β-unsaturated/α-hetero) is 1. The number of carboxylic acid groups (broad SMARTS) is 1. The first-order valence-corrected chi connectivity index (χ1v) is 22.7. The van der Waals surface area contributed by atoms with Crippen molar-refractivity contribution in [2.24, 2.45) is 23.7 Å². The number of aliphatic carboxylic acids is 1. The Bertz CT molecular complexity index is 1540. The Balaban J connectivity index is 1.46. The zero-order valence-corrected chi connectivity index (χ0v) is 36.1. The van der Waals surface area contributed by atoms with E-state index >= 15 is 0 Å². The van der Waals surface area contributed by atoms with E-state index in [0.717, 1.165) is 89.2 Å². The van der Waals surface area contributed by atoms with Crippen molar-refractivity contribution >= 4 is 41.2 Å². The molecule has 1 aliphatic heterocycles. The summed E-state index contributed by atoms with van der Waals surface area (Å²) in [5.41, 5.74) is 1.19. The number of ketones is 1. The number of thioether (sulfide) groups is 1. The minimum Gasteiger partial charge on any atom is -0.481 e. The molecule has 3 aliphatic rings. The van der Waals surface area contributed by atoms with E-state index in [4.69, 9.17) is 16.3 Å². The number of imide groups is 1. The van der Waals surface area contributed by atoms with Crippen molar-refractivity contribution in [3.05, 3.63) is 36.0 Å². The van der Waals surface area contributed by atoms with Crippen molar-refractivity contribution in [1.29, 1.82) is 0 Å². The molecule has 5 unspecified atom stereocenters. The van der Waals surface area contributed by atoms with E-state index in [1.165, 1.54) is 17.4 Å². The fourth-order valence-electron chi connectivity index (χ4n) is 8.06. The van der Waals surface area contributed by atoms with Gasteiger partial charge in [0.2, 0.25) is 17.7 Å². The first-order chi connectivity index (χ1) is 28.0. The van der Waals surface area contributed by atoms with Gasteiger partial charge in [-0.25, -0.2) is 0 Å². The van der Waals surface area contributed by atoms with Crippen LogP contribution in [0.25, 0.3) is 0 Å². The van der Waals surface area contributed by atoms with Crippen LogP contribution in [0.5, 0.6) is 0 Å². The summed E-state index contributed by atoms with van der Waals surface area (Å²) in [7, 11) is 0. The molecule has 3 N–H and O–H groups in total. The normalized spacial score (nSPS) is 24.2. The van der Waals surface area contributed by atoms with E-state index in [9.17, 15) is 24.0 Å². The Morgan fingerprint density at radius 3 is 2.57 bits per heavy atom. The first-order valence-electron chi connectivity index (χ1n) is 21.7. The quantitative estimate of drug-likeness (QED) is 0.0254. The van der Waals surface area contributed by atoms with Gasteiger partial charge in [0.15, 0.2) is 0 Å². The molecule has 11 heteroatoms. The average Bonchev–Trinajstić information content (AvgIpc) is 3.72. The Morgan fingerprint density at radius 2 is 1.83 bits per heavy atom. The van der Waals surface area contributed by atoms with E-state index < -0.39 is 12.0 Å². The lowest BCUT2D eigenvalue weighted by Crippen LogP contribution is -2.40. The van der Waals surface area contributed by atoms with Gasteiger partial charge in [-0.1, -0.05) is 68.4 Å². The summed E-state index contributed by atoms with van der Waals surface area (Å²) >= 11 is 1.92. The summed E-state index contributed by atoms with van der Waals surface area (Å²) in [5.74, 6) is 9.33. The third-order valence-electron chi connectivity index (χ3n) is 11.5. The van der Waals surface area contributed by atoms with Crippen LogP contribution in [0.4, 0.5) is 0 Å². The highest BCUT2D eigenvalue weighted by Crippen LogP contribution is 2.40. The number of carboxylic acids is 1. The van der Waals surface area contributed by atoms with Crippen molar-refractivity contribution < 1.29 is 33.8 Å². The van der Waals surface area contributed by atoms with E-state index in [1.807, 2.05) is 30.8 Å². The SMILES string of the molecule is C#C/C=C\C=C(\CCCC(=O)O)CS[C@@H]1CC(/C=C/CC(C)CC#CC)[C@H](OCC2CCCCC2C(=O)NCCCCCCNC2CC(=O)N(CCC(C)=O)C2=O)C1. The maximum Gasteiger partial charge on any atom is 0.303 e. The lowest BCUT2D eigenvalue weighted by atomic mass is 9.79. The van der Waals surface area contributed by atoms with Gasteiger partial charge in [-0.05, 0) is 96.1 Å². The van der Waals surface area contributed by atoms with Gasteiger partial charge in [0.1, 0.15) is 5.78 Å². The van der Waals surface area contributed by atoms with Crippen LogP contribution in [0.2, 0.25) is 0 Å². The molecule has 1 saturated heterocycles. The Morgan fingerprint density at radius 1 is 1.05 bits per heavy atom. The lowest BCUT2D eigenvalue weighted by Gasteiger charge is -2.32. The van der Waals surface area contributed by atoms with Crippen LogP contribution in [0.1, 0.15) is 130 Å². The minimum absolute atomic E-state index is 0.0407. The topological polar surface area (TPSA) is 142 Å². The van der Waals surface area contributed by atoms with Crippen molar-refractivity contribution in [2.75, 3.05) is 32.0 Å². The van der Waals surface area contributed by atoms with Crippen LogP contribution in [-0.4, -0.2) is 88.9 Å². The van der Waals surface area contributed by atoms with Crippen LogP contribution in [-0.2, 0) is 28.7 Å². The van der Waals surface area contributed by atoms with Gasteiger partial charge < -0.3 is 20.5 Å². The highest BCUT2D eigenvalue weighted by Gasteiger charge is 2.38. The standard InChI is InChI=1S/C47H69N3O7S/c1-5-7-11-20-37(21-17-25-45(53)54)34-58-40-30-38(23-16-19-35(3)18-8-6-2)43(31-40)57-33-39-22-12-13-24-41(39)46(55)49-28-15-10-9-14-27-48-42-32-44(52)50(47(42)56)29-26-36(4)51/h1,7,11,16,20,23,35,38-43,48H,9-10,12-15,17-19,21-22,24-34H2,2-4H3,(H,49,55)(H,53,54)/b11-7-,23-16+,37-20-/t35?,38?,39?,40-,41?,42?,43-/m1/s1. The molecule has 0 bridgehead atoms. The summed E-state index contributed by atoms with van der Waals surface area (Å²) in [6.07, 6.45) is 29.0. The molecule has 58 heavy (non-hydrogen) atoms. The van der Waals surface area contributed by atoms with E-state index in [-0.39, 0.29) is 67.3 Å². The number of unbranched alkanes of at least 4 members (excludes halogenated alkanes) is 3.